The molecule has 6 nitrogen and oxygen atoms in total. The molecule has 0 aliphatic rings. The van der Waals surface area contributed by atoms with Crippen molar-refractivity contribution in [1.82, 2.24) is 14.6 Å². The Hall–Kier alpha value is -3.67. The van der Waals surface area contributed by atoms with Crippen molar-refractivity contribution >= 4 is 23.1 Å². The van der Waals surface area contributed by atoms with Crippen LogP contribution in [0.3, 0.4) is 0 Å². The third-order valence-electron chi connectivity index (χ3n) is 3.92. The highest BCUT2D eigenvalue weighted by Crippen LogP contribution is 2.26. The summed E-state index contributed by atoms with van der Waals surface area (Å²) in [6.07, 6.45) is 3.15. The van der Waals surface area contributed by atoms with Crippen LogP contribution in [0.2, 0.25) is 0 Å². The lowest BCUT2D eigenvalue weighted by Crippen LogP contribution is -2.12. The molecule has 0 radical (unpaired) electrons. The van der Waals surface area contributed by atoms with E-state index in [-0.39, 0.29) is 5.91 Å². The average molecular weight is 329 g/mol. The van der Waals surface area contributed by atoms with Gasteiger partial charge in [-0.1, -0.05) is 48.5 Å². The van der Waals surface area contributed by atoms with Gasteiger partial charge < -0.3 is 11.1 Å². The van der Waals surface area contributed by atoms with Crippen LogP contribution in [-0.4, -0.2) is 20.5 Å². The molecular formula is C19H15N5O. The Morgan fingerprint density at radius 3 is 2.36 bits per heavy atom. The van der Waals surface area contributed by atoms with Crippen molar-refractivity contribution in [3.05, 3.63) is 78.6 Å². The maximum atomic E-state index is 12.5. The number of hydrogen-bond donors (Lipinski definition) is 2. The molecule has 0 atom stereocenters. The van der Waals surface area contributed by atoms with Crippen LogP contribution < -0.4 is 11.1 Å². The zero-order valence-corrected chi connectivity index (χ0v) is 13.3. The molecule has 0 spiro atoms. The van der Waals surface area contributed by atoms with Crippen LogP contribution in [0.5, 0.6) is 0 Å². The molecule has 0 fully saturated rings. The van der Waals surface area contributed by atoms with E-state index in [2.05, 4.69) is 15.4 Å². The summed E-state index contributed by atoms with van der Waals surface area (Å²) in [5.74, 6) is 0.163. The van der Waals surface area contributed by atoms with Crippen molar-refractivity contribution in [3.8, 4) is 11.1 Å². The van der Waals surface area contributed by atoms with Crippen molar-refractivity contribution in [1.29, 1.82) is 0 Å². The molecule has 6 heteroatoms. The molecule has 0 bridgehead atoms. The van der Waals surface area contributed by atoms with Gasteiger partial charge in [-0.05, 0) is 17.7 Å². The Morgan fingerprint density at radius 2 is 1.64 bits per heavy atom. The van der Waals surface area contributed by atoms with Crippen LogP contribution in [0.4, 0.5) is 11.5 Å². The van der Waals surface area contributed by atoms with Gasteiger partial charge in [-0.25, -0.2) is 4.98 Å². The highest BCUT2D eigenvalue weighted by molar-refractivity contribution is 6.08. The summed E-state index contributed by atoms with van der Waals surface area (Å²) in [6.45, 7) is 0. The van der Waals surface area contributed by atoms with Gasteiger partial charge in [0.2, 0.25) is 0 Å². The van der Waals surface area contributed by atoms with E-state index in [1.54, 1.807) is 6.20 Å². The summed E-state index contributed by atoms with van der Waals surface area (Å²) < 4.78 is 1.49. The minimum atomic E-state index is -0.277. The molecule has 0 aliphatic heterocycles. The molecule has 2 aromatic carbocycles. The largest absolute Gasteiger partial charge is 0.383 e. The monoisotopic (exact) mass is 329 g/mol. The summed E-state index contributed by atoms with van der Waals surface area (Å²) in [6, 6.07) is 18.9. The van der Waals surface area contributed by atoms with E-state index < -0.39 is 0 Å². The minimum Gasteiger partial charge on any atom is -0.383 e. The van der Waals surface area contributed by atoms with Gasteiger partial charge in [0.05, 0.1) is 6.20 Å². The van der Waals surface area contributed by atoms with Gasteiger partial charge in [-0.3, -0.25) is 4.79 Å². The first-order chi connectivity index (χ1) is 12.2. The number of nitrogens with two attached hydrogens (primary N) is 1. The van der Waals surface area contributed by atoms with E-state index in [0.29, 0.717) is 22.7 Å². The zero-order valence-electron chi connectivity index (χ0n) is 13.3. The lowest BCUT2D eigenvalue weighted by Gasteiger charge is -2.08. The molecule has 2 aromatic heterocycles. The first-order valence-corrected chi connectivity index (χ1v) is 7.78. The van der Waals surface area contributed by atoms with E-state index in [4.69, 9.17) is 5.73 Å². The molecule has 1 amide bonds. The number of rotatable bonds is 3. The SMILES string of the molecule is Nc1c(-c2ccccc2)cnc2c(C(=O)Nc3ccccc3)cnn12. The summed E-state index contributed by atoms with van der Waals surface area (Å²) >= 11 is 0. The number of nitrogen functional groups attached to an aromatic ring is 1. The average Bonchev–Trinajstić information content (AvgIpc) is 3.09. The van der Waals surface area contributed by atoms with Crippen LogP contribution in [-0.2, 0) is 0 Å². The standard InChI is InChI=1S/C19H15N5O/c20-17-15(13-7-3-1-4-8-13)11-21-18-16(12-22-24(17)18)19(25)23-14-9-5-2-6-10-14/h1-12H,20H2,(H,23,25). The molecule has 122 valence electrons. The van der Waals surface area contributed by atoms with E-state index >= 15 is 0 Å². The van der Waals surface area contributed by atoms with Crippen molar-refractivity contribution in [2.45, 2.75) is 0 Å². The third-order valence-corrected chi connectivity index (χ3v) is 3.92. The van der Waals surface area contributed by atoms with Gasteiger partial charge in [0.15, 0.2) is 5.65 Å². The van der Waals surface area contributed by atoms with Gasteiger partial charge >= 0.3 is 0 Å². The molecular weight excluding hydrogens is 314 g/mol. The molecule has 0 aliphatic carbocycles. The fourth-order valence-electron chi connectivity index (χ4n) is 2.67. The lowest BCUT2D eigenvalue weighted by molar-refractivity contribution is 0.102. The van der Waals surface area contributed by atoms with Crippen LogP contribution in [0.1, 0.15) is 10.4 Å². The number of fused-ring (bicyclic) bond motifs is 1. The number of nitrogens with one attached hydrogen (secondary N) is 1. The van der Waals surface area contributed by atoms with Crippen molar-refractivity contribution in [3.63, 3.8) is 0 Å². The first-order valence-electron chi connectivity index (χ1n) is 7.78. The fraction of sp³-hybridized carbons (Fsp3) is 0. The molecule has 4 aromatic rings. The van der Waals surface area contributed by atoms with Crippen molar-refractivity contribution in [2.24, 2.45) is 0 Å². The first kappa shape index (κ1) is 14.9. The predicted octanol–water partition coefficient (Wildman–Crippen LogP) is 3.23. The number of aromatic nitrogens is 3. The molecule has 2 heterocycles. The number of carbonyl (C=O) groups is 1. The topological polar surface area (TPSA) is 85.3 Å². The van der Waals surface area contributed by atoms with Crippen molar-refractivity contribution < 1.29 is 4.79 Å². The van der Waals surface area contributed by atoms with E-state index in [1.165, 1.54) is 10.7 Å². The summed E-state index contributed by atoms with van der Waals surface area (Å²) in [7, 11) is 0. The number of carbonyl (C=O) groups excluding carboxylic acids is 1. The van der Waals surface area contributed by atoms with Gasteiger partial charge in [0.25, 0.3) is 5.91 Å². The maximum absolute atomic E-state index is 12.5. The Bertz CT molecular complexity index is 1040. The molecule has 0 unspecified atom stereocenters. The highest BCUT2D eigenvalue weighted by Gasteiger charge is 2.17. The third kappa shape index (κ3) is 2.70. The van der Waals surface area contributed by atoms with Gasteiger partial charge in [0.1, 0.15) is 11.4 Å². The Kier molecular flexibility index (Phi) is 3.63. The van der Waals surface area contributed by atoms with Crippen LogP contribution in [0, 0.1) is 0 Å². The molecule has 25 heavy (non-hydrogen) atoms. The van der Waals surface area contributed by atoms with E-state index in [1.807, 2.05) is 60.7 Å². The molecule has 0 saturated heterocycles. The summed E-state index contributed by atoms with van der Waals surface area (Å²) in [5, 5.41) is 7.06. The number of hydrogen-bond acceptors (Lipinski definition) is 4. The highest BCUT2D eigenvalue weighted by atomic mass is 16.1. The second kappa shape index (κ2) is 6.09. The maximum Gasteiger partial charge on any atom is 0.261 e. The second-order valence-electron chi connectivity index (χ2n) is 5.54. The number of benzene rings is 2. The number of para-hydroxylation sites is 1. The van der Waals surface area contributed by atoms with Crippen LogP contribution in [0.15, 0.2) is 73.1 Å². The van der Waals surface area contributed by atoms with Crippen molar-refractivity contribution in [2.75, 3.05) is 11.1 Å². The Balaban J connectivity index is 1.73. The predicted molar refractivity (Wildman–Crippen MR) is 97.2 cm³/mol. The van der Waals surface area contributed by atoms with Gasteiger partial charge in [0, 0.05) is 17.4 Å². The number of nitrogens with zero attached hydrogens (tertiary/aromatic N) is 3. The van der Waals surface area contributed by atoms with E-state index in [9.17, 15) is 4.79 Å². The zero-order chi connectivity index (χ0) is 17.2. The second-order valence-corrected chi connectivity index (χ2v) is 5.54. The molecule has 0 saturated carbocycles. The smallest absolute Gasteiger partial charge is 0.261 e. The minimum absolute atomic E-state index is 0.277. The quantitative estimate of drug-likeness (QED) is 0.604. The lowest BCUT2D eigenvalue weighted by atomic mass is 10.1. The van der Waals surface area contributed by atoms with Gasteiger partial charge in [-0.2, -0.15) is 9.61 Å². The Morgan fingerprint density at radius 1 is 0.960 bits per heavy atom. The number of amides is 1. The number of anilines is 2. The van der Waals surface area contributed by atoms with E-state index in [0.717, 1.165) is 11.1 Å². The molecule has 4 rings (SSSR count). The van der Waals surface area contributed by atoms with Crippen LogP contribution >= 0.6 is 0 Å². The summed E-state index contributed by atoms with van der Waals surface area (Å²) in [4.78, 5) is 16.9. The summed E-state index contributed by atoms with van der Waals surface area (Å²) in [5.41, 5.74) is 9.46. The Labute approximate surface area is 143 Å². The fourth-order valence-corrected chi connectivity index (χ4v) is 2.67. The van der Waals surface area contributed by atoms with Gasteiger partial charge in [-0.15, -0.1) is 0 Å². The molecule has 3 N–H and O–H groups in total. The van der Waals surface area contributed by atoms with Crippen LogP contribution in [0.25, 0.3) is 16.8 Å². The normalized spacial score (nSPS) is 10.7.